The summed E-state index contributed by atoms with van der Waals surface area (Å²) in [6.07, 6.45) is 2.45. The first-order valence-electron chi connectivity index (χ1n) is 9.34. The van der Waals surface area contributed by atoms with Gasteiger partial charge in [-0.15, -0.1) is 0 Å². The number of rotatable bonds is 6. The summed E-state index contributed by atoms with van der Waals surface area (Å²) in [5.41, 5.74) is 13.2. The Kier molecular flexibility index (Phi) is 6.24. The van der Waals surface area contributed by atoms with E-state index in [0.717, 1.165) is 32.4 Å². The number of carbonyl (C=O) groups is 2. The van der Waals surface area contributed by atoms with Gasteiger partial charge in [0.15, 0.2) is 0 Å². The van der Waals surface area contributed by atoms with Crippen LogP contribution in [0.1, 0.15) is 30.9 Å². The van der Waals surface area contributed by atoms with E-state index in [4.69, 9.17) is 5.73 Å². The Hall–Kier alpha value is -1.96. The van der Waals surface area contributed by atoms with E-state index >= 15 is 0 Å². The number of amides is 2. The number of primary amides is 1. The molecular formula is C19H29N5O2. The summed E-state index contributed by atoms with van der Waals surface area (Å²) in [6, 6.07) is 10.8. The van der Waals surface area contributed by atoms with E-state index in [1.807, 2.05) is 25.2 Å². The highest BCUT2D eigenvalue weighted by molar-refractivity contribution is 5.78. The second kappa shape index (κ2) is 8.62. The summed E-state index contributed by atoms with van der Waals surface area (Å²) in [6.45, 7) is 2.59. The Labute approximate surface area is 154 Å². The molecule has 7 heteroatoms. The van der Waals surface area contributed by atoms with Crippen LogP contribution in [-0.4, -0.2) is 60.9 Å². The molecule has 7 nitrogen and oxygen atoms in total. The van der Waals surface area contributed by atoms with Crippen molar-refractivity contribution < 1.29 is 9.59 Å². The first kappa shape index (κ1) is 18.8. The second-order valence-electron chi connectivity index (χ2n) is 7.41. The van der Waals surface area contributed by atoms with Gasteiger partial charge in [0.2, 0.25) is 11.8 Å². The molecule has 2 saturated heterocycles. The number of hydrogen-bond donors (Lipinski definition) is 3. The number of benzene rings is 1. The molecule has 2 aliphatic rings. The molecule has 1 aromatic rings. The van der Waals surface area contributed by atoms with Crippen molar-refractivity contribution >= 4 is 11.8 Å². The van der Waals surface area contributed by atoms with Crippen LogP contribution in [0.2, 0.25) is 0 Å². The molecule has 2 heterocycles. The SMILES string of the molecule is CN(CC1CC(c2ccccc2)NN1)C(=O)CN1CCC(C(N)=O)CC1. The molecule has 2 aliphatic heterocycles. The first-order valence-corrected chi connectivity index (χ1v) is 9.34. The molecule has 0 radical (unpaired) electrons. The molecule has 0 aromatic heterocycles. The molecule has 26 heavy (non-hydrogen) atoms. The maximum absolute atomic E-state index is 12.5. The van der Waals surface area contributed by atoms with Crippen molar-refractivity contribution in [2.75, 3.05) is 33.2 Å². The molecule has 2 atom stereocenters. The first-order chi connectivity index (χ1) is 12.5. The number of likely N-dealkylation sites (tertiary alicyclic amines) is 1. The minimum Gasteiger partial charge on any atom is -0.369 e. The molecule has 0 bridgehead atoms. The lowest BCUT2D eigenvalue weighted by Gasteiger charge is -2.31. The van der Waals surface area contributed by atoms with E-state index in [1.54, 1.807) is 4.90 Å². The van der Waals surface area contributed by atoms with Gasteiger partial charge in [0.25, 0.3) is 0 Å². The highest BCUT2D eigenvalue weighted by Crippen LogP contribution is 2.22. The van der Waals surface area contributed by atoms with E-state index in [9.17, 15) is 9.59 Å². The number of piperidine rings is 1. The normalized spacial score (nSPS) is 24.5. The van der Waals surface area contributed by atoms with Gasteiger partial charge in [-0.2, -0.15) is 0 Å². The summed E-state index contributed by atoms with van der Waals surface area (Å²) in [5, 5.41) is 0. The van der Waals surface area contributed by atoms with Crippen molar-refractivity contribution in [3.63, 3.8) is 0 Å². The number of nitrogens with one attached hydrogen (secondary N) is 2. The standard InChI is InChI=1S/C19H29N5O2/c1-23(18(25)13-24-9-7-15(8-10-24)19(20)26)12-16-11-17(22-21-16)14-5-3-2-4-6-14/h2-6,15-17,21-22H,7-13H2,1H3,(H2,20,26). The van der Waals surface area contributed by atoms with Gasteiger partial charge in [-0.05, 0) is 37.9 Å². The lowest BCUT2D eigenvalue weighted by Crippen LogP contribution is -2.47. The molecule has 4 N–H and O–H groups in total. The summed E-state index contributed by atoms with van der Waals surface area (Å²) in [7, 11) is 1.86. The van der Waals surface area contributed by atoms with Crippen molar-refractivity contribution in [1.82, 2.24) is 20.7 Å². The molecule has 2 fully saturated rings. The summed E-state index contributed by atoms with van der Waals surface area (Å²) in [4.78, 5) is 27.7. The Morgan fingerprint density at radius 2 is 1.88 bits per heavy atom. The van der Waals surface area contributed by atoms with Crippen LogP contribution in [0, 0.1) is 5.92 Å². The van der Waals surface area contributed by atoms with Gasteiger partial charge >= 0.3 is 0 Å². The fraction of sp³-hybridized carbons (Fsp3) is 0.579. The number of nitrogens with two attached hydrogens (primary N) is 1. The van der Waals surface area contributed by atoms with Crippen molar-refractivity contribution in [3.8, 4) is 0 Å². The molecule has 142 valence electrons. The minimum absolute atomic E-state index is 0.0391. The van der Waals surface area contributed by atoms with Gasteiger partial charge in [0.1, 0.15) is 0 Å². The van der Waals surface area contributed by atoms with Gasteiger partial charge in [-0.25, -0.2) is 5.43 Å². The minimum atomic E-state index is -0.221. The Morgan fingerprint density at radius 3 is 2.54 bits per heavy atom. The number of nitrogens with zero attached hydrogens (tertiary/aromatic N) is 2. The Morgan fingerprint density at radius 1 is 1.19 bits per heavy atom. The fourth-order valence-electron chi connectivity index (χ4n) is 3.77. The Bertz CT molecular complexity index is 616. The quantitative estimate of drug-likeness (QED) is 0.677. The maximum atomic E-state index is 12.5. The summed E-state index contributed by atoms with van der Waals surface area (Å²) in [5.74, 6) is -0.142. The second-order valence-corrected chi connectivity index (χ2v) is 7.41. The van der Waals surface area contributed by atoms with Crippen LogP contribution >= 0.6 is 0 Å². The largest absolute Gasteiger partial charge is 0.369 e. The zero-order chi connectivity index (χ0) is 18.5. The average Bonchev–Trinajstić information content (AvgIpc) is 3.11. The van der Waals surface area contributed by atoms with Crippen LogP contribution in [0.3, 0.4) is 0 Å². The summed E-state index contributed by atoms with van der Waals surface area (Å²) >= 11 is 0. The summed E-state index contributed by atoms with van der Waals surface area (Å²) < 4.78 is 0. The third-order valence-electron chi connectivity index (χ3n) is 5.45. The Balaban J connectivity index is 1.41. The van der Waals surface area contributed by atoms with E-state index in [-0.39, 0.29) is 29.8 Å². The topological polar surface area (TPSA) is 90.7 Å². The van der Waals surface area contributed by atoms with Crippen molar-refractivity contribution in [3.05, 3.63) is 35.9 Å². The van der Waals surface area contributed by atoms with Crippen molar-refractivity contribution in [2.45, 2.75) is 31.3 Å². The van der Waals surface area contributed by atoms with Crippen molar-refractivity contribution in [1.29, 1.82) is 0 Å². The van der Waals surface area contributed by atoms with Crippen LogP contribution in [0.25, 0.3) is 0 Å². The zero-order valence-electron chi connectivity index (χ0n) is 15.4. The number of hydrazine groups is 1. The maximum Gasteiger partial charge on any atom is 0.236 e. The van der Waals surface area contributed by atoms with Gasteiger partial charge in [-0.1, -0.05) is 30.3 Å². The van der Waals surface area contributed by atoms with Gasteiger partial charge in [0.05, 0.1) is 6.54 Å². The number of likely N-dealkylation sites (N-methyl/N-ethyl adjacent to an activating group) is 1. The van der Waals surface area contributed by atoms with E-state index in [2.05, 4.69) is 27.9 Å². The van der Waals surface area contributed by atoms with Crippen LogP contribution in [0.4, 0.5) is 0 Å². The van der Waals surface area contributed by atoms with E-state index in [0.29, 0.717) is 13.1 Å². The molecule has 0 spiro atoms. The fourth-order valence-corrected chi connectivity index (χ4v) is 3.77. The molecular weight excluding hydrogens is 330 g/mol. The lowest BCUT2D eigenvalue weighted by molar-refractivity contribution is -0.132. The molecule has 0 saturated carbocycles. The van der Waals surface area contributed by atoms with E-state index < -0.39 is 0 Å². The van der Waals surface area contributed by atoms with Crippen LogP contribution < -0.4 is 16.6 Å². The third-order valence-corrected chi connectivity index (χ3v) is 5.45. The number of hydrogen-bond acceptors (Lipinski definition) is 5. The van der Waals surface area contributed by atoms with Crippen LogP contribution in [0.5, 0.6) is 0 Å². The number of carbonyl (C=O) groups excluding carboxylic acids is 2. The molecule has 2 amide bonds. The van der Waals surface area contributed by atoms with Crippen LogP contribution in [-0.2, 0) is 9.59 Å². The van der Waals surface area contributed by atoms with Crippen molar-refractivity contribution in [2.24, 2.45) is 11.7 Å². The monoisotopic (exact) mass is 359 g/mol. The molecule has 3 rings (SSSR count). The predicted octanol–water partition coefficient (Wildman–Crippen LogP) is 0.250. The van der Waals surface area contributed by atoms with Crippen LogP contribution in [0.15, 0.2) is 30.3 Å². The molecule has 1 aromatic carbocycles. The van der Waals surface area contributed by atoms with Gasteiger partial charge < -0.3 is 10.6 Å². The molecule has 2 unspecified atom stereocenters. The smallest absolute Gasteiger partial charge is 0.236 e. The highest BCUT2D eigenvalue weighted by Gasteiger charge is 2.28. The third kappa shape index (κ3) is 4.81. The van der Waals surface area contributed by atoms with Gasteiger partial charge in [0, 0.05) is 31.6 Å². The lowest BCUT2D eigenvalue weighted by atomic mass is 9.96. The highest BCUT2D eigenvalue weighted by atomic mass is 16.2. The van der Waals surface area contributed by atoms with Gasteiger partial charge in [-0.3, -0.25) is 19.9 Å². The zero-order valence-corrected chi connectivity index (χ0v) is 15.4. The molecule has 0 aliphatic carbocycles. The predicted molar refractivity (Wildman–Crippen MR) is 99.9 cm³/mol. The van der Waals surface area contributed by atoms with E-state index in [1.165, 1.54) is 5.56 Å². The average molecular weight is 359 g/mol.